The van der Waals surface area contributed by atoms with Crippen LogP contribution in [0.1, 0.15) is 72.1 Å². The van der Waals surface area contributed by atoms with E-state index in [4.69, 9.17) is 5.73 Å². The Labute approximate surface area is 171 Å². The van der Waals surface area contributed by atoms with Crippen molar-refractivity contribution < 1.29 is 15.0 Å². The van der Waals surface area contributed by atoms with Crippen molar-refractivity contribution in [3.8, 4) is 0 Å². The Morgan fingerprint density at radius 2 is 1.75 bits per heavy atom. The molecule has 4 N–H and O–H groups in total. The van der Waals surface area contributed by atoms with E-state index in [1.807, 2.05) is 6.92 Å². The fourth-order valence-electron chi connectivity index (χ4n) is 6.26. The lowest BCUT2D eigenvalue weighted by atomic mass is 9.67. The highest BCUT2D eigenvalue weighted by Crippen LogP contribution is 2.41. The molecule has 2 aliphatic carbocycles. The fourth-order valence-corrected chi connectivity index (χ4v) is 6.26. The Morgan fingerprint density at radius 1 is 1.07 bits per heavy atom. The van der Waals surface area contributed by atoms with Crippen molar-refractivity contribution in [2.75, 3.05) is 19.6 Å². The van der Waals surface area contributed by atoms with Crippen molar-refractivity contribution in [3.63, 3.8) is 0 Å². The molecule has 0 aromatic rings. The van der Waals surface area contributed by atoms with Gasteiger partial charge in [0.15, 0.2) is 0 Å². The normalized spacial score (nSPS) is 38.4. The van der Waals surface area contributed by atoms with Crippen molar-refractivity contribution in [2.45, 2.75) is 83.8 Å². The first-order valence-electron chi connectivity index (χ1n) is 11.6. The summed E-state index contributed by atoms with van der Waals surface area (Å²) >= 11 is 0. The Hall–Kier alpha value is -0.650. The number of carbonyl (C=O) groups excluding carboxylic acids is 1. The lowest BCUT2D eigenvalue weighted by Gasteiger charge is -2.45. The summed E-state index contributed by atoms with van der Waals surface area (Å²) in [6.45, 7) is 8.07. The fraction of sp³-hybridized carbons (Fsp3) is 0.957. The summed E-state index contributed by atoms with van der Waals surface area (Å²) in [5.74, 6) is 2.23. The predicted octanol–water partition coefficient (Wildman–Crippen LogP) is 2.78. The number of nitrogens with zero attached hydrogens (tertiary/aromatic N) is 1. The molecule has 0 bridgehead atoms. The number of rotatable bonds is 4. The Bertz CT molecular complexity index is 524. The second-order valence-corrected chi connectivity index (χ2v) is 10.6. The summed E-state index contributed by atoms with van der Waals surface area (Å²) in [6, 6.07) is 0. The summed E-state index contributed by atoms with van der Waals surface area (Å²) in [7, 11) is 0. The van der Waals surface area contributed by atoms with E-state index in [1.54, 1.807) is 13.8 Å². The highest BCUT2D eigenvalue weighted by atomic mass is 16.3. The van der Waals surface area contributed by atoms with Crippen LogP contribution in [0.5, 0.6) is 0 Å². The highest BCUT2D eigenvalue weighted by molar-refractivity contribution is 5.79. The van der Waals surface area contributed by atoms with Gasteiger partial charge in [0, 0.05) is 24.9 Å². The molecule has 6 unspecified atom stereocenters. The first-order valence-corrected chi connectivity index (χ1v) is 11.6. The van der Waals surface area contributed by atoms with Crippen LogP contribution in [-0.2, 0) is 4.79 Å². The lowest BCUT2D eigenvalue weighted by molar-refractivity contribution is -0.146. The van der Waals surface area contributed by atoms with Gasteiger partial charge in [0.2, 0.25) is 5.91 Å². The smallest absolute Gasteiger partial charge is 0.225 e. The van der Waals surface area contributed by atoms with Crippen LogP contribution in [0.3, 0.4) is 0 Å². The largest absolute Gasteiger partial charge is 0.392 e. The molecular formula is C23H42N2O3. The van der Waals surface area contributed by atoms with E-state index >= 15 is 0 Å². The molecular weight excluding hydrogens is 352 g/mol. The van der Waals surface area contributed by atoms with Gasteiger partial charge in [-0.15, -0.1) is 0 Å². The first-order chi connectivity index (χ1) is 13.2. The number of hydrogen-bond acceptors (Lipinski definition) is 4. The average Bonchev–Trinajstić information content (AvgIpc) is 2.68. The third-order valence-electron chi connectivity index (χ3n) is 8.12. The topological polar surface area (TPSA) is 86.8 Å². The second-order valence-electron chi connectivity index (χ2n) is 10.6. The van der Waals surface area contributed by atoms with Crippen LogP contribution in [0.15, 0.2) is 0 Å². The molecule has 0 aromatic heterocycles. The number of carbonyl (C=O) groups is 1. The molecule has 28 heavy (non-hydrogen) atoms. The van der Waals surface area contributed by atoms with Crippen LogP contribution < -0.4 is 5.73 Å². The predicted molar refractivity (Wildman–Crippen MR) is 111 cm³/mol. The number of amides is 1. The standard InChI is InChI=1S/C23H42N2O3/c1-15-11-19(13-20(21(15)26)23(2,3)28)22(27)25-9-7-17(8-10-25)18-6-4-5-16(12-18)14-24/h15-21,26,28H,4-14,24H2,1-3H3. The van der Waals surface area contributed by atoms with Crippen LogP contribution in [0.2, 0.25) is 0 Å². The van der Waals surface area contributed by atoms with Crippen molar-refractivity contribution >= 4 is 5.91 Å². The molecule has 3 aliphatic rings. The van der Waals surface area contributed by atoms with E-state index in [0.29, 0.717) is 12.3 Å². The van der Waals surface area contributed by atoms with Crippen LogP contribution in [-0.4, -0.2) is 52.4 Å². The summed E-state index contributed by atoms with van der Waals surface area (Å²) in [6.07, 6.45) is 8.24. The maximum atomic E-state index is 13.2. The molecule has 0 radical (unpaired) electrons. The summed E-state index contributed by atoms with van der Waals surface area (Å²) in [5, 5.41) is 21.0. The third kappa shape index (κ3) is 4.91. The minimum absolute atomic E-state index is 0.0482. The van der Waals surface area contributed by atoms with Gasteiger partial charge in [-0.2, -0.15) is 0 Å². The first kappa shape index (κ1) is 22.0. The van der Waals surface area contributed by atoms with Crippen molar-refractivity contribution in [1.29, 1.82) is 0 Å². The Morgan fingerprint density at radius 3 is 2.36 bits per heavy atom. The third-order valence-corrected chi connectivity index (χ3v) is 8.12. The molecule has 2 saturated carbocycles. The van der Waals surface area contributed by atoms with Crippen LogP contribution in [0.4, 0.5) is 0 Å². The second kappa shape index (κ2) is 9.01. The number of likely N-dealkylation sites (tertiary alicyclic amines) is 1. The Kier molecular flexibility index (Phi) is 7.09. The number of aliphatic hydroxyl groups is 2. The van der Waals surface area contributed by atoms with E-state index in [0.717, 1.165) is 50.7 Å². The van der Waals surface area contributed by atoms with Crippen LogP contribution in [0.25, 0.3) is 0 Å². The molecule has 0 spiro atoms. The number of nitrogens with two attached hydrogens (primary N) is 1. The quantitative estimate of drug-likeness (QED) is 0.684. The van der Waals surface area contributed by atoms with Crippen LogP contribution >= 0.6 is 0 Å². The van der Waals surface area contributed by atoms with Crippen molar-refractivity contribution in [1.82, 2.24) is 4.90 Å². The number of hydrogen-bond donors (Lipinski definition) is 3. The monoisotopic (exact) mass is 394 g/mol. The maximum absolute atomic E-state index is 13.2. The molecule has 0 aromatic carbocycles. The minimum atomic E-state index is -0.958. The average molecular weight is 395 g/mol. The molecule has 162 valence electrons. The van der Waals surface area contributed by atoms with E-state index in [1.165, 1.54) is 25.7 Å². The van der Waals surface area contributed by atoms with E-state index in [2.05, 4.69) is 4.90 Å². The van der Waals surface area contributed by atoms with E-state index in [9.17, 15) is 15.0 Å². The zero-order valence-corrected chi connectivity index (χ0v) is 18.1. The van der Waals surface area contributed by atoms with Gasteiger partial charge in [0.05, 0.1) is 11.7 Å². The summed E-state index contributed by atoms with van der Waals surface area (Å²) in [5.41, 5.74) is 4.96. The molecule has 5 nitrogen and oxygen atoms in total. The molecule has 1 heterocycles. The van der Waals surface area contributed by atoms with Crippen molar-refractivity contribution in [3.05, 3.63) is 0 Å². The number of aliphatic hydroxyl groups excluding tert-OH is 1. The van der Waals surface area contributed by atoms with Gasteiger partial charge in [0.25, 0.3) is 0 Å². The number of piperidine rings is 1. The molecule has 3 rings (SSSR count). The lowest BCUT2D eigenvalue weighted by Crippen LogP contribution is -2.51. The molecule has 6 atom stereocenters. The van der Waals surface area contributed by atoms with Gasteiger partial charge in [-0.25, -0.2) is 0 Å². The van der Waals surface area contributed by atoms with Crippen molar-refractivity contribution in [2.24, 2.45) is 41.2 Å². The van der Waals surface area contributed by atoms with Gasteiger partial charge < -0.3 is 20.8 Å². The summed E-state index contributed by atoms with van der Waals surface area (Å²) < 4.78 is 0. The van der Waals surface area contributed by atoms with Gasteiger partial charge in [-0.3, -0.25) is 4.79 Å². The van der Waals surface area contributed by atoms with Gasteiger partial charge in [-0.05, 0) is 82.6 Å². The van der Waals surface area contributed by atoms with Gasteiger partial charge in [0.1, 0.15) is 0 Å². The van der Waals surface area contributed by atoms with Crippen LogP contribution in [0, 0.1) is 35.5 Å². The van der Waals surface area contributed by atoms with E-state index < -0.39 is 11.7 Å². The van der Waals surface area contributed by atoms with E-state index in [-0.39, 0.29) is 23.7 Å². The zero-order valence-electron chi connectivity index (χ0n) is 18.1. The molecule has 1 aliphatic heterocycles. The summed E-state index contributed by atoms with van der Waals surface area (Å²) in [4.78, 5) is 15.3. The highest BCUT2D eigenvalue weighted by Gasteiger charge is 2.45. The Balaban J connectivity index is 1.54. The minimum Gasteiger partial charge on any atom is -0.392 e. The van der Waals surface area contributed by atoms with Gasteiger partial charge in [-0.1, -0.05) is 19.8 Å². The molecule has 1 saturated heterocycles. The van der Waals surface area contributed by atoms with Gasteiger partial charge >= 0.3 is 0 Å². The zero-order chi connectivity index (χ0) is 20.5. The maximum Gasteiger partial charge on any atom is 0.225 e. The molecule has 5 heteroatoms. The molecule has 3 fully saturated rings. The SMILES string of the molecule is CC1CC(C(=O)N2CCC(C3CCCC(CN)C3)CC2)CC(C(C)(C)O)C1O. The molecule has 1 amide bonds.